The zero-order valence-corrected chi connectivity index (χ0v) is 13.2. The SMILES string of the molecule is CNC(c1cc(Cl)ccc1C)C1CCOC2(CCC2)C1. The van der Waals surface area contributed by atoms with Crippen molar-refractivity contribution < 1.29 is 4.74 Å². The predicted molar refractivity (Wildman–Crippen MR) is 83.2 cm³/mol. The van der Waals surface area contributed by atoms with Gasteiger partial charge in [-0.05, 0) is 75.3 Å². The van der Waals surface area contributed by atoms with Crippen molar-refractivity contribution in [1.82, 2.24) is 5.32 Å². The monoisotopic (exact) mass is 293 g/mol. The van der Waals surface area contributed by atoms with Gasteiger partial charge in [-0.15, -0.1) is 0 Å². The lowest BCUT2D eigenvalue weighted by molar-refractivity contribution is -0.147. The highest BCUT2D eigenvalue weighted by Crippen LogP contribution is 2.47. The summed E-state index contributed by atoms with van der Waals surface area (Å²) in [5, 5.41) is 4.36. The maximum Gasteiger partial charge on any atom is 0.0686 e. The minimum absolute atomic E-state index is 0.199. The maximum atomic E-state index is 6.20. The van der Waals surface area contributed by atoms with Crippen LogP contribution in [0.1, 0.15) is 49.3 Å². The van der Waals surface area contributed by atoms with E-state index in [1.54, 1.807) is 0 Å². The van der Waals surface area contributed by atoms with Crippen molar-refractivity contribution in [3.8, 4) is 0 Å². The van der Waals surface area contributed by atoms with Crippen LogP contribution in [-0.4, -0.2) is 19.3 Å². The van der Waals surface area contributed by atoms with Gasteiger partial charge in [0.15, 0.2) is 0 Å². The van der Waals surface area contributed by atoms with Crippen LogP contribution in [0.15, 0.2) is 18.2 Å². The molecule has 1 aliphatic carbocycles. The maximum absolute atomic E-state index is 6.20. The van der Waals surface area contributed by atoms with Crippen LogP contribution in [0, 0.1) is 12.8 Å². The summed E-state index contributed by atoms with van der Waals surface area (Å²) < 4.78 is 6.06. The summed E-state index contributed by atoms with van der Waals surface area (Å²) in [4.78, 5) is 0. The number of hydrogen-bond acceptors (Lipinski definition) is 2. The molecular weight excluding hydrogens is 270 g/mol. The summed E-state index contributed by atoms with van der Waals surface area (Å²) >= 11 is 6.20. The molecule has 2 nitrogen and oxygen atoms in total. The summed E-state index contributed by atoms with van der Waals surface area (Å²) in [7, 11) is 2.06. The number of nitrogens with one attached hydrogen (secondary N) is 1. The molecule has 1 saturated carbocycles. The molecule has 2 unspecified atom stereocenters. The second-order valence-electron chi connectivity index (χ2n) is 6.41. The Hall–Kier alpha value is -0.570. The highest BCUT2D eigenvalue weighted by atomic mass is 35.5. The molecular formula is C17H24ClNO. The molecule has 0 radical (unpaired) electrons. The van der Waals surface area contributed by atoms with E-state index in [4.69, 9.17) is 16.3 Å². The van der Waals surface area contributed by atoms with E-state index in [0.717, 1.165) is 18.1 Å². The van der Waals surface area contributed by atoms with Crippen LogP contribution in [0.3, 0.4) is 0 Å². The van der Waals surface area contributed by atoms with Gasteiger partial charge in [-0.1, -0.05) is 17.7 Å². The van der Waals surface area contributed by atoms with E-state index in [2.05, 4.69) is 31.4 Å². The Morgan fingerprint density at radius 2 is 2.20 bits per heavy atom. The highest BCUT2D eigenvalue weighted by molar-refractivity contribution is 6.30. The molecule has 0 aromatic heterocycles. The number of hydrogen-bond donors (Lipinski definition) is 1. The Kier molecular flexibility index (Phi) is 4.07. The summed E-state index contributed by atoms with van der Waals surface area (Å²) in [6.07, 6.45) is 6.14. The van der Waals surface area contributed by atoms with Crippen molar-refractivity contribution in [3.05, 3.63) is 34.3 Å². The van der Waals surface area contributed by atoms with Gasteiger partial charge in [0, 0.05) is 17.7 Å². The molecule has 2 aliphatic rings. The highest BCUT2D eigenvalue weighted by Gasteiger charge is 2.44. The molecule has 1 N–H and O–H groups in total. The molecule has 1 saturated heterocycles. The molecule has 3 heteroatoms. The molecule has 1 aliphatic heterocycles. The van der Waals surface area contributed by atoms with Crippen LogP contribution < -0.4 is 5.32 Å². The third-order valence-corrected chi connectivity index (χ3v) is 5.39. The second kappa shape index (κ2) is 5.67. The summed E-state index contributed by atoms with van der Waals surface area (Å²) in [6, 6.07) is 6.61. The van der Waals surface area contributed by atoms with E-state index in [-0.39, 0.29) is 5.60 Å². The minimum atomic E-state index is 0.199. The van der Waals surface area contributed by atoms with Gasteiger partial charge in [0.1, 0.15) is 0 Å². The van der Waals surface area contributed by atoms with Gasteiger partial charge in [-0.25, -0.2) is 0 Å². The van der Waals surface area contributed by atoms with Gasteiger partial charge >= 0.3 is 0 Å². The zero-order valence-electron chi connectivity index (χ0n) is 12.4. The molecule has 1 aromatic carbocycles. The third kappa shape index (κ3) is 2.61. The zero-order chi connectivity index (χ0) is 14.2. The van der Waals surface area contributed by atoms with Crippen molar-refractivity contribution in [2.45, 2.75) is 50.7 Å². The standard InChI is InChI=1S/C17H24ClNO/c1-12-4-5-14(18)10-15(12)16(19-2)13-6-9-20-17(11-13)7-3-8-17/h4-5,10,13,16,19H,3,6-9,11H2,1-2H3. The van der Waals surface area contributed by atoms with Crippen molar-refractivity contribution in [1.29, 1.82) is 0 Å². The lowest BCUT2D eigenvalue weighted by atomic mass is 9.69. The first-order chi connectivity index (χ1) is 9.63. The molecule has 20 heavy (non-hydrogen) atoms. The Labute approximate surface area is 126 Å². The average Bonchev–Trinajstić information content (AvgIpc) is 2.42. The number of aryl methyl sites for hydroxylation is 1. The smallest absolute Gasteiger partial charge is 0.0686 e. The lowest BCUT2D eigenvalue weighted by Gasteiger charge is -2.49. The Bertz CT molecular complexity index is 484. The van der Waals surface area contributed by atoms with Crippen molar-refractivity contribution in [2.75, 3.05) is 13.7 Å². The van der Waals surface area contributed by atoms with Crippen molar-refractivity contribution >= 4 is 11.6 Å². The Morgan fingerprint density at radius 1 is 1.40 bits per heavy atom. The quantitative estimate of drug-likeness (QED) is 0.899. The van der Waals surface area contributed by atoms with Crippen molar-refractivity contribution in [3.63, 3.8) is 0 Å². The van der Waals surface area contributed by atoms with Gasteiger partial charge in [0.25, 0.3) is 0 Å². The molecule has 3 rings (SSSR count). The van der Waals surface area contributed by atoms with Crippen LogP contribution in [0.25, 0.3) is 0 Å². The van der Waals surface area contributed by atoms with E-state index in [0.29, 0.717) is 12.0 Å². The fourth-order valence-electron chi connectivity index (χ4n) is 3.86. The molecule has 1 heterocycles. The Balaban J connectivity index is 1.83. The van der Waals surface area contributed by atoms with E-state index in [9.17, 15) is 0 Å². The molecule has 1 spiro atoms. The van der Waals surface area contributed by atoms with E-state index in [1.165, 1.54) is 36.8 Å². The minimum Gasteiger partial charge on any atom is -0.375 e. The largest absolute Gasteiger partial charge is 0.375 e. The van der Waals surface area contributed by atoms with Crippen LogP contribution in [0.5, 0.6) is 0 Å². The average molecular weight is 294 g/mol. The predicted octanol–water partition coefficient (Wildman–Crippen LogP) is 4.26. The van der Waals surface area contributed by atoms with E-state index in [1.807, 2.05) is 6.07 Å². The number of benzene rings is 1. The molecule has 0 amide bonds. The summed E-state index contributed by atoms with van der Waals surface area (Å²) in [5.74, 6) is 0.645. The molecule has 0 bridgehead atoms. The molecule has 2 atom stereocenters. The number of ether oxygens (including phenoxy) is 1. The lowest BCUT2D eigenvalue weighted by Crippen LogP contribution is -2.47. The number of rotatable bonds is 3. The summed E-state index contributed by atoms with van der Waals surface area (Å²) in [6.45, 7) is 3.08. The first-order valence-electron chi connectivity index (χ1n) is 7.71. The van der Waals surface area contributed by atoms with Crippen LogP contribution in [-0.2, 0) is 4.74 Å². The van der Waals surface area contributed by atoms with Gasteiger partial charge in [0.05, 0.1) is 5.60 Å². The van der Waals surface area contributed by atoms with Crippen LogP contribution in [0.4, 0.5) is 0 Å². The fraction of sp³-hybridized carbons (Fsp3) is 0.647. The van der Waals surface area contributed by atoms with Gasteiger partial charge in [-0.2, -0.15) is 0 Å². The van der Waals surface area contributed by atoms with E-state index < -0.39 is 0 Å². The van der Waals surface area contributed by atoms with Gasteiger partial charge < -0.3 is 10.1 Å². The van der Waals surface area contributed by atoms with Gasteiger partial charge in [-0.3, -0.25) is 0 Å². The normalized spacial score (nSPS) is 26.2. The van der Waals surface area contributed by atoms with Crippen molar-refractivity contribution in [2.24, 2.45) is 5.92 Å². The molecule has 110 valence electrons. The first-order valence-corrected chi connectivity index (χ1v) is 8.09. The first kappa shape index (κ1) is 14.4. The third-order valence-electron chi connectivity index (χ3n) is 5.15. The van der Waals surface area contributed by atoms with Crippen LogP contribution in [0.2, 0.25) is 5.02 Å². The van der Waals surface area contributed by atoms with E-state index >= 15 is 0 Å². The number of halogens is 1. The summed E-state index contributed by atoms with van der Waals surface area (Å²) in [5.41, 5.74) is 2.87. The second-order valence-corrected chi connectivity index (χ2v) is 6.84. The molecule has 1 aromatic rings. The topological polar surface area (TPSA) is 21.3 Å². The van der Waals surface area contributed by atoms with Gasteiger partial charge in [0.2, 0.25) is 0 Å². The molecule has 2 fully saturated rings. The van der Waals surface area contributed by atoms with Crippen LogP contribution >= 0.6 is 11.6 Å². The Morgan fingerprint density at radius 3 is 2.85 bits per heavy atom. The fourth-order valence-corrected chi connectivity index (χ4v) is 4.04.